The second-order valence-electron chi connectivity index (χ2n) is 9.48. The molecule has 5 rings (SSSR count). The minimum Gasteiger partial charge on any atom is -0.399 e. The van der Waals surface area contributed by atoms with Crippen LogP contribution >= 0.6 is 0 Å². The van der Waals surface area contributed by atoms with Crippen molar-refractivity contribution in [2.75, 3.05) is 0 Å². The third-order valence-corrected chi connectivity index (χ3v) is 6.86. The molecule has 0 aromatic heterocycles. The molecule has 1 heterocycles. The van der Waals surface area contributed by atoms with E-state index in [4.69, 9.17) is 9.31 Å². The van der Waals surface area contributed by atoms with Crippen LogP contribution in [0.15, 0.2) is 48.5 Å². The van der Waals surface area contributed by atoms with Gasteiger partial charge in [0, 0.05) is 0 Å². The largest absolute Gasteiger partial charge is 0.495 e. The van der Waals surface area contributed by atoms with Crippen molar-refractivity contribution in [1.29, 1.82) is 0 Å². The molecule has 3 heteroatoms. The molecule has 4 aromatic carbocycles. The summed E-state index contributed by atoms with van der Waals surface area (Å²) in [6.07, 6.45) is 0. The SMILES string of the molecule is CC(C)c1ccc2ccc3c(B4OC(C)(C)C(C)(C)O4)ccc4ccc1c2c43. The van der Waals surface area contributed by atoms with Crippen molar-refractivity contribution in [2.45, 2.75) is 58.7 Å². The molecule has 0 spiro atoms. The quantitative estimate of drug-likeness (QED) is 0.318. The van der Waals surface area contributed by atoms with Crippen molar-refractivity contribution < 1.29 is 9.31 Å². The summed E-state index contributed by atoms with van der Waals surface area (Å²) >= 11 is 0. The first-order valence-electron chi connectivity index (χ1n) is 10.3. The Morgan fingerprint density at radius 3 is 1.79 bits per heavy atom. The zero-order valence-electron chi connectivity index (χ0n) is 17.6. The normalized spacial score (nSPS) is 18.9. The molecular formula is C25H27BO2. The van der Waals surface area contributed by atoms with Crippen LogP contribution in [0.2, 0.25) is 0 Å². The molecule has 0 aliphatic carbocycles. The minimum atomic E-state index is -0.348. The van der Waals surface area contributed by atoms with E-state index in [1.165, 1.54) is 37.9 Å². The van der Waals surface area contributed by atoms with Crippen LogP contribution < -0.4 is 5.46 Å². The lowest BCUT2D eigenvalue weighted by Gasteiger charge is -2.32. The van der Waals surface area contributed by atoms with Crippen LogP contribution in [0.4, 0.5) is 0 Å². The molecule has 142 valence electrons. The summed E-state index contributed by atoms with van der Waals surface area (Å²) in [5.41, 5.74) is 1.84. The van der Waals surface area contributed by atoms with Gasteiger partial charge in [-0.05, 0) is 77.0 Å². The Balaban J connectivity index is 1.81. The van der Waals surface area contributed by atoms with Crippen molar-refractivity contribution in [3.05, 3.63) is 54.1 Å². The third kappa shape index (κ3) is 2.36. The van der Waals surface area contributed by atoms with Gasteiger partial charge in [-0.3, -0.25) is 0 Å². The average molecular weight is 370 g/mol. The average Bonchev–Trinajstić information content (AvgIpc) is 2.86. The van der Waals surface area contributed by atoms with Gasteiger partial charge >= 0.3 is 7.12 Å². The molecule has 1 aliphatic rings. The van der Waals surface area contributed by atoms with Gasteiger partial charge in [0.25, 0.3) is 0 Å². The Morgan fingerprint density at radius 2 is 1.18 bits per heavy atom. The van der Waals surface area contributed by atoms with Crippen LogP contribution in [0.1, 0.15) is 53.0 Å². The summed E-state index contributed by atoms with van der Waals surface area (Å²) in [7, 11) is -0.348. The van der Waals surface area contributed by atoms with Crippen LogP contribution in [0.5, 0.6) is 0 Å². The molecule has 0 atom stereocenters. The van der Waals surface area contributed by atoms with Gasteiger partial charge in [0.05, 0.1) is 11.2 Å². The first kappa shape index (κ1) is 18.0. The fraction of sp³-hybridized carbons (Fsp3) is 0.360. The molecule has 0 bridgehead atoms. The highest BCUT2D eigenvalue weighted by Crippen LogP contribution is 2.40. The Morgan fingerprint density at radius 1 is 0.679 bits per heavy atom. The highest BCUT2D eigenvalue weighted by atomic mass is 16.7. The molecule has 0 radical (unpaired) electrons. The van der Waals surface area contributed by atoms with Gasteiger partial charge < -0.3 is 9.31 Å². The van der Waals surface area contributed by atoms with E-state index in [2.05, 4.69) is 90.1 Å². The maximum atomic E-state index is 6.38. The molecule has 28 heavy (non-hydrogen) atoms. The fourth-order valence-electron chi connectivity index (χ4n) is 4.53. The Hall–Kier alpha value is -2.10. The second kappa shape index (κ2) is 5.71. The second-order valence-corrected chi connectivity index (χ2v) is 9.48. The number of rotatable bonds is 2. The zero-order chi connectivity index (χ0) is 19.8. The predicted molar refractivity (Wildman–Crippen MR) is 120 cm³/mol. The van der Waals surface area contributed by atoms with Gasteiger partial charge in [-0.15, -0.1) is 0 Å². The number of hydrogen-bond acceptors (Lipinski definition) is 2. The van der Waals surface area contributed by atoms with E-state index < -0.39 is 0 Å². The van der Waals surface area contributed by atoms with Crippen molar-refractivity contribution in [3.63, 3.8) is 0 Å². The van der Waals surface area contributed by atoms with Crippen molar-refractivity contribution >= 4 is 44.9 Å². The minimum absolute atomic E-state index is 0.341. The lowest BCUT2D eigenvalue weighted by molar-refractivity contribution is 0.00578. The first-order chi connectivity index (χ1) is 13.2. The standard InChI is InChI=1S/C25H27BO2/c1-15(2)18-11-7-16-9-13-20-21(26-27-24(3,4)25(5,6)28-26)14-10-17-8-12-19(18)22(16)23(17)20/h7-15H,1-6H3. The number of hydrogen-bond donors (Lipinski definition) is 0. The van der Waals surface area contributed by atoms with Gasteiger partial charge in [0.2, 0.25) is 0 Å². The van der Waals surface area contributed by atoms with E-state index in [9.17, 15) is 0 Å². The fourth-order valence-corrected chi connectivity index (χ4v) is 4.53. The van der Waals surface area contributed by atoms with Gasteiger partial charge in [-0.2, -0.15) is 0 Å². The van der Waals surface area contributed by atoms with Gasteiger partial charge in [0.15, 0.2) is 0 Å². The van der Waals surface area contributed by atoms with Crippen molar-refractivity contribution in [3.8, 4) is 0 Å². The van der Waals surface area contributed by atoms with Crippen molar-refractivity contribution in [1.82, 2.24) is 0 Å². The summed E-state index contributed by atoms with van der Waals surface area (Å²) in [4.78, 5) is 0. The van der Waals surface area contributed by atoms with Crippen LogP contribution in [0, 0.1) is 0 Å². The molecule has 1 aliphatic heterocycles. The van der Waals surface area contributed by atoms with E-state index >= 15 is 0 Å². The predicted octanol–water partition coefficient (Wildman–Crippen LogP) is 6.01. The van der Waals surface area contributed by atoms with Crippen LogP contribution in [-0.4, -0.2) is 18.3 Å². The summed E-state index contributed by atoms with van der Waals surface area (Å²) in [5, 5.41) is 7.84. The number of benzene rings is 4. The Bertz CT molecular complexity index is 1190. The summed E-state index contributed by atoms with van der Waals surface area (Å²) in [6, 6.07) is 17.9. The van der Waals surface area contributed by atoms with E-state index in [0.717, 1.165) is 5.46 Å². The molecule has 0 saturated carbocycles. The molecular weight excluding hydrogens is 343 g/mol. The highest BCUT2D eigenvalue weighted by molar-refractivity contribution is 6.65. The Kier molecular flexibility index (Phi) is 3.67. The van der Waals surface area contributed by atoms with Crippen LogP contribution in [-0.2, 0) is 9.31 Å². The molecule has 0 N–H and O–H groups in total. The lowest BCUT2D eigenvalue weighted by atomic mass is 9.74. The summed E-state index contributed by atoms with van der Waals surface area (Å²) in [6.45, 7) is 13.0. The van der Waals surface area contributed by atoms with Gasteiger partial charge in [-0.1, -0.05) is 62.4 Å². The zero-order valence-corrected chi connectivity index (χ0v) is 17.6. The molecule has 2 nitrogen and oxygen atoms in total. The Labute approximate surface area is 167 Å². The summed E-state index contributed by atoms with van der Waals surface area (Å²) < 4.78 is 12.8. The topological polar surface area (TPSA) is 18.5 Å². The van der Waals surface area contributed by atoms with E-state index in [1.54, 1.807) is 0 Å². The molecule has 1 saturated heterocycles. The summed E-state index contributed by atoms with van der Waals surface area (Å²) in [5.74, 6) is 0.493. The molecule has 0 unspecified atom stereocenters. The van der Waals surface area contributed by atoms with Crippen LogP contribution in [0.3, 0.4) is 0 Å². The van der Waals surface area contributed by atoms with Gasteiger partial charge in [-0.25, -0.2) is 0 Å². The van der Waals surface area contributed by atoms with Crippen molar-refractivity contribution in [2.24, 2.45) is 0 Å². The third-order valence-electron chi connectivity index (χ3n) is 6.86. The van der Waals surface area contributed by atoms with Gasteiger partial charge in [0.1, 0.15) is 0 Å². The molecule has 1 fully saturated rings. The highest BCUT2D eigenvalue weighted by Gasteiger charge is 2.52. The van der Waals surface area contributed by atoms with Crippen LogP contribution in [0.25, 0.3) is 32.3 Å². The first-order valence-corrected chi connectivity index (χ1v) is 10.3. The smallest absolute Gasteiger partial charge is 0.399 e. The lowest BCUT2D eigenvalue weighted by Crippen LogP contribution is -2.41. The van der Waals surface area contributed by atoms with E-state index in [1.807, 2.05) is 0 Å². The molecule has 4 aromatic rings. The monoisotopic (exact) mass is 370 g/mol. The van der Waals surface area contributed by atoms with E-state index in [0.29, 0.717) is 5.92 Å². The van der Waals surface area contributed by atoms with E-state index in [-0.39, 0.29) is 18.3 Å². The maximum absolute atomic E-state index is 6.38. The maximum Gasteiger partial charge on any atom is 0.495 e. The molecule has 0 amide bonds.